The zero-order valence-corrected chi connectivity index (χ0v) is 8.03. The number of nitrogens with one attached hydrogen (secondary N) is 1. The molecule has 1 heterocycles. The predicted molar refractivity (Wildman–Crippen MR) is 51.2 cm³/mol. The van der Waals surface area contributed by atoms with Gasteiger partial charge in [-0.2, -0.15) is 0 Å². The Bertz CT molecular complexity index is 287. The van der Waals surface area contributed by atoms with Crippen LogP contribution in [0.25, 0.3) is 0 Å². The molecular formula is C9H14N2O2. The molecule has 0 unspecified atom stereocenters. The van der Waals surface area contributed by atoms with E-state index in [4.69, 9.17) is 9.84 Å². The lowest BCUT2D eigenvalue weighted by atomic mass is 10.4. The van der Waals surface area contributed by atoms with Crippen LogP contribution in [0.3, 0.4) is 0 Å². The van der Waals surface area contributed by atoms with Gasteiger partial charge in [-0.05, 0) is 13.8 Å². The zero-order chi connectivity index (χ0) is 9.84. The molecule has 0 radical (unpaired) electrons. The number of rotatable bonds is 3. The molecule has 0 aliphatic heterocycles. The van der Waals surface area contributed by atoms with Gasteiger partial charge in [-0.3, -0.25) is 0 Å². The summed E-state index contributed by atoms with van der Waals surface area (Å²) in [6.45, 7) is 3.85. The molecule has 0 bridgehead atoms. The first-order valence-corrected chi connectivity index (χ1v) is 4.17. The maximum Gasteiger partial charge on any atom is 0.237 e. The summed E-state index contributed by atoms with van der Waals surface area (Å²) < 4.78 is 5.41. The van der Waals surface area contributed by atoms with Gasteiger partial charge in [-0.15, -0.1) is 0 Å². The van der Waals surface area contributed by atoms with E-state index < -0.39 is 0 Å². The van der Waals surface area contributed by atoms with Gasteiger partial charge in [0.05, 0.1) is 12.3 Å². The first-order valence-electron chi connectivity index (χ1n) is 4.17. The maximum atomic E-state index is 9.14. The normalized spacial score (nSPS) is 10.2. The molecule has 1 rings (SSSR count). The van der Waals surface area contributed by atoms with Crippen molar-refractivity contribution < 1.29 is 9.84 Å². The summed E-state index contributed by atoms with van der Waals surface area (Å²) in [5.41, 5.74) is 0.689. The molecule has 1 aromatic rings. The Kier molecular flexibility index (Phi) is 2.95. The van der Waals surface area contributed by atoms with Gasteiger partial charge < -0.3 is 15.2 Å². The molecule has 0 fully saturated rings. The van der Waals surface area contributed by atoms with Crippen molar-refractivity contribution in [2.45, 2.75) is 20.0 Å². The van der Waals surface area contributed by atoms with Gasteiger partial charge in [-0.1, -0.05) is 0 Å². The minimum absolute atomic E-state index is 0.0733. The Balaban J connectivity index is 2.92. The van der Waals surface area contributed by atoms with Gasteiger partial charge in [0.1, 0.15) is 11.4 Å². The zero-order valence-electron chi connectivity index (χ0n) is 8.03. The van der Waals surface area contributed by atoms with Crippen LogP contribution >= 0.6 is 0 Å². The smallest absolute Gasteiger partial charge is 0.237 e. The third kappa shape index (κ3) is 2.50. The van der Waals surface area contributed by atoms with Gasteiger partial charge in [0.15, 0.2) is 0 Å². The predicted octanol–water partition coefficient (Wildman–Crippen LogP) is 1.62. The van der Waals surface area contributed by atoms with Crippen LogP contribution in [0.5, 0.6) is 11.6 Å². The SMILES string of the molecule is CNc1cc(O)cnc1OC(C)C. The third-order valence-electron chi connectivity index (χ3n) is 1.45. The summed E-state index contributed by atoms with van der Waals surface area (Å²) in [7, 11) is 1.75. The van der Waals surface area contributed by atoms with Crippen LogP contribution in [-0.2, 0) is 0 Å². The molecule has 0 aliphatic carbocycles. The fourth-order valence-electron chi connectivity index (χ4n) is 0.937. The van der Waals surface area contributed by atoms with Crippen LogP contribution in [0.15, 0.2) is 12.3 Å². The van der Waals surface area contributed by atoms with Crippen molar-refractivity contribution in [3.05, 3.63) is 12.3 Å². The summed E-state index contributed by atoms with van der Waals surface area (Å²) in [5.74, 6) is 0.635. The monoisotopic (exact) mass is 182 g/mol. The summed E-state index contributed by atoms with van der Waals surface area (Å²) in [6.07, 6.45) is 1.43. The van der Waals surface area contributed by atoms with Gasteiger partial charge >= 0.3 is 0 Å². The lowest BCUT2D eigenvalue weighted by Gasteiger charge is -2.12. The molecule has 0 aliphatic rings. The molecule has 0 aromatic carbocycles. The topological polar surface area (TPSA) is 54.4 Å². The second-order valence-electron chi connectivity index (χ2n) is 2.96. The van der Waals surface area contributed by atoms with E-state index in [2.05, 4.69) is 10.3 Å². The second-order valence-corrected chi connectivity index (χ2v) is 2.96. The highest BCUT2D eigenvalue weighted by molar-refractivity contribution is 5.54. The van der Waals surface area contributed by atoms with Crippen LogP contribution in [-0.4, -0.2) is 23.2 Å². The molecule has 4 heteroatoms. The van der Waals surface area contributed by atoms with Crippen molar-refractivity contribution in [3.8, 4) is 11.6 Å². The van der Waals surface area contributed by atoms with Gasteiger partial charge in [0.2, 0.25) is 5.88 Å². The number of hydrogen-bond acceptors (Lipinski definition) is 4. The van der Waals surface area contributed by atoms with Crippen molar-refractivity contribution in [2.75, 3.05) is 12.4 Å². The van der Waals surface area contributed by atoms with Crippen molar-refractivity contribution in [1.29, 1.82) is 0 Å². The minimum Gasteiger partial charge on any atom is -0.506 e. The van der Waals surface area contributed by atoms with Crippen molar-refractivity contribution in [1.82, 2.24) is 4.98 Å². The first-order chi connectivity index (χ1) is 6.13. The third-order valence-corrected chi connectivity index (χ3v) is 1.45. The average molecular weight is 182 g/mol. The summed E-state index contributed by atoms with van der Waals surface area (Å²) >= 11 is 0. The molecular weight excluding hydrogens is 168 g/mol. The van der Waals surface area contributed by atoms with E-state index in [1.165, 1.54) is 6.20 Å². The molecule has 0 spiro atoms. The second kappa shape index (κ2) is 3.98. The van der Waals surface area contributed by atoms with Gasteiger partial charge in [-0.25, -0.2) is 4.98 Å². The molecule has 13 heavy (non-hydrogen) atoms. The fraction of sp³-hybridized carbons (Fsp3) is 0.444. The Morgan fingerprint density at radius 1 is 1.54 bits per heavy atom. The Morgan fingerprint density at radius 3 is 2.77 bits per heavy atom. The molecule has 2 N–H and O–H groups in total. The number of pyridine rings is 1. The molecule has 72 valence electrons. The van der Waals surface area contributed by atoms with Crippen LogP contribution in [0.2, 0.25) is 0 Å². The van der Waals surface area contributed by atoms with E-state index >= 15 is 0 Å². The van der Waals surface area contributed by atoms with Crippen molar-refractivity contribution in [2.24, 2.45) is 0 Å². The largest absolute Gasteiger partial charge is 0.506 e. The van der Waals surface area contributed by atoms with E-state index in [-0.39, 0.29) is 11.9 Å². The highest BCUT2D eigenvalue weighted by Crippen LogP contribution is 2.25. The van der Waals surface area contributed by atoms with Crippen molar-refractivity contribution >= 4 is 5.69 Å². The molecule has 0 saturated carbocycles. The first kappa shape index (κ1) is 9.64. The van der Waals surface area contributed by atoms with Gasteiger partial charge in [0.25, 0.3) is 0 Å². The summed E-state index contributed by atoms with van der Waals surface area (Å²) in [4.78, 5) is 3.95. The highest BCUT2D eigenvalue weighted by atomic mass is 16.5. The van der Waals surface area contributed by atoms with Crippen LogP contribution in [0.1, 0.15) is 13.8 Å². The van der Waals surface area contributed by atoms with Crippen molar-refractivity contribution in [3.63, 3.8) is 0 Å². The Morgan fingerprint density at radius 2 is 2.23 bits per heavy atom. The number of aromatic nitrogens is 1. The lowest BCUT2D eigenvalue weighted by molar-refractivity contribution is 0.233. The maximum absolute atomic E-state index is 9.14. The fourth-order valence-corrected chi connectivity index (χ4v) is 0.937. The molecule has 4 nitrogen and oxygen atoms in total. The minimum atomic E-state index is 0.0733. The number of hydrogen-bond donors (Lipinski definition) is 2. The number of nitrogens with zero attached hydrogens (tertiary/aromatic N) is 1. The van der Waals surface area contributed by atoms with E-state index in [0.717, 1.165) is 0 Å². The lowest BCUT2D eigenvalue weighted by Crippen LogP contribution is -2.08. The average Bonchev–Trinajstić information content (AvgIpc) is 2.07. The molecule has 1 aromatic heterocycles. The van der Waals surface area contributed by atoms with Gasteiger partial charge in [0, 0.05) is 13.1 Å². The molecule has 0 atom stereocenters. The van der Waals surface area contributed by atoms with E-state index in [0.29, 0.717) is 11.6 Å². The standard InChI is InChI=1S/C9H14N2O2/c1-6(2)13-9-8(10-3)4-7(12)5-11-9/h4-6,10,12H,1-3H3. The van der Waals surface area contributed by atoms with E-state index in [1.54, 1.807) is 13.1 Å². The van der Waals surface area contributed by atoms with E-state index in [1.807, 2.05) is 13.8 Å². The molecule has 0 amide bonds. The van der Waals surface area contributed by atoms with E-state index in [9.17, 15) is 0 Å². The number of aromatic hydroxyl groups is 1. The van der Waals surface area contributed by atoms with Crippen LogP contribution in [0.4, 0.5) is 5.69 Å². The summed E-state index contributed by atoms with van der Waals surface area (Å²) in [5, 5.41) is 12.0. The number of anilines is 1. The highest BCUT2D eigenvalue weighted by Gasteiger charge is 2.06. The van der Waals surface area contributed by atoms with Crippen LogP contribution < -0.4 is 10.1 Å². The van der Waals surface area contributed by atoms with Crippen LogP contribution in [0, 0.1) is 0 Å². The Hall–Kier alpha value is -1.45. The quantitative estimate of drug-likeness (QED) is 0.745. The number of ether oxygens (including phenoxy) is 1. The molecule has 0 saturated heterocycles. The Labute approximate surface area is 77.6 Å². The summed E-state index contributed by atoms with van der Waals surface area (Å²) in [6, 6.07) is 1.57.